The maximum atomic E-state index is 6.15. The zero-order valence-corrected chi connectivity index (χ0v) is 15.2. The summed E-state index contributed by atoms with van der Waals surface area (Å²) in [6.07, 6.45) is 2.12. The third-order valence-corrected chi connectivity index (χ3v) is 6.35. The Kier molecular flexibility index (Phi) is 3.90. The number of rotatable bonds is 3. The van der Waals surface area contributed by atoms with E-state index in [1.807, 2.05) is 29.3 Å². The van der Waals surface area contributed by atoms with E-state index in [-0.39, 0.29) is 0 Å². The Morgan fingerprint density at radius 3 is 2.41 bits per heavy atom. The average molecular weight is 352 g/mol. The first kappa shape index (κ1) is 15.4. The fourth-order valence-corrected chi connectivity index (χ4v) is 4.03. The summed E-state index contributed by atoms with van der Waals surface area (Å²) < 4.78 is 0.618. The van der Waals surface area contributed by atoms with Crippen molar-refractivity contribution in [2.24, 2.45) is 0 Å². The molecule has 0 fully saturated rings. The lowest BCUT2D eigenvalue weighted by Crippen LogP contribution is -2.40. The first-order valence-corrected chi connectivity index (χ1v) is 11.6. The topological polar surface area (TPSA) is 66.2 Å². The van der Waals surface area contributed by atoms with Crippen LogP contribution in [0.25, 0.3) is 11.3 Å². The van der Waals surface area contributed by atoms with E-state index in [1.165, 1.54) is 16.7 Å². The van der Waals surface area contributed by atoms with Gasteiger partial charge in [0.25, 0.3) is 0 Å². The van der Waals surface area contributed by atoms with Crippen molar-refractivity contribution in [2.75, 3.05) is 10.7 Å². The van der Waals surface area contributed by atoms with Crippen LogP contribution in [0.3, 0.4) is 0 Å². The number of nitrogens with one attached hydrogen (secondary N) is 2. The van der Waals surface area contributed by atoms with E-state index in [4.69, 9.17) is 17.3 Å². The molecular formula is C14H18ClN5SSi. The first-order valence-electron chi connectivity index (χ1n) is 6.90. The van der Waals surface area contributed by atoms with E-state index in [0.29, 0.717) is 9.47 Å². The van der Waals surface area contributed by atoms with Gasteiger partial charge in [-0.15, -0.1) is 5.53 Å². The van der Waals surface area contributed by atoms with Crippen LogP contribution in [0.5, 0.6) is 0 Å². The number of hydrogen-bond donors (Lipinski definition) is 3. The van der Waals surface area contributed by atoms with Crippen molar-refractivity contribution in [1.82, 2.24) is 15.9 Å². The highest BCUT2D eigenvalue weighted by Gasteiger charge is 2.25. The zero-order valence-electron chi connectivity index (χ0n) is 12.6. The van der Waals surface area contributed by atoms with Gasteiger partial charge in [0.2, 0.25) is 0 Å². The third kappa shape index (κ3) is 2.98. The van der Waals surface area contributed by atoms with Crippen LogP contribution >= 0.6 is 22.9 Å². The molecule has 2 aromatic rings. The summed E-state index contributed by atoms with van der Waals surface area (Å²) in [5, 5.41) is 3.73. The number of hydrogen-bond acceptors (Lipinski definition) is 6. The predicted molar refractivity (Wildman–Crippen MR) is 97.2 cm³/mol. The second-order valence-electron chi connectivity index (χ2n) is 6.12. The Labute approximate surface area is 139 Å². The van der Waals surface area contributed by atoms with Gasteiger partial charge in [-0.25, -0.2) is 4.98 Å². The van der Waals surface area contributed by atoms with Crippen LogP contribution in [0.4, 0.5) is 10.8 Å². The molecule has 8 heteroatoms. The molecule has 0 bridgehead atoms. The minimum absolute atomic E-state index is 0.484. The van der Waals surface area contributed by atoms with Crippen LogP contribution in [0.1, 0.15) is 0 Å². The van der Waals surface area contributed by atoms with Gasteiger partial charge in [0.1, 0.15) is 18.1 Å². The van der Waals surface area contributed by atoms with E-state index in [0.717, 1.165) is 16.9 Å². The van der Waals surface area contributed by atoms with Gasteiger partial charge < -0.3 is 11.2 Å². The summed E-state index contributed by atoms with van der Waals surface area (Å²) in [5.41, 5.74) is 14.9. The van der Waals surface area contributed by atoms with Crippen LogP contribution in [-0.2, 0) is 0 Å². The quantitative estimate of drug-likeness (QED) is 0.737. The van der Waals surface area contributed by atoms with Gasteiger partial charge in [-0.05, 0) is 12.1 Å². The number of hydrazine groups is 2. The number of aromatic nitrogens is 1. The van der Waals surface area contributed by atoms with Crippen LogP contribution in [0.2, 0.25) is 24.0 Å². The van der Waals surface area contributed by atoms with Gasteiger partial charge in [0.05, 0.1) is 5.69 Å². The van der Waals surface area contributed by atoms with Crippen molar-refractivity contribution in [3.8, 4) is 11.3 Å². The monoisotopic (exact) mass is 351 g/mol. The fraction of sp³-hybridized carbons (Fsp3) is 0.214. The van der Waals surface area contributed by atoms with Gasteiger partial charge in [0.15, 0.2) is 5.13 Å². The molecule has 1 aromatic carbocycles. The number of thiazole rings is 1. The van der Waals surface area contributed by atoms with Gasteiger partial charge >= 0.3 is 0 Å². The lowest BCUT2D eigenvalue weighted by molar-refractivity contribution is 0.671. The summed E-state index contributed by atoms with van der Waals surface area (Å²) in [6, 6.07) is 8.05. The Morgan fingerprint density at radius 1 is 1.23 bits per heavy atom. The van der Waals surface area contributed by atoms with Crippen molar-refractivity contribution in [3.63, 3.8) is 0 Å². The number of benzene rings is 1. The molecule has 0 atom stereocenters. The second kappa shape index (κ2) is 5.58. The summed E-state index contributed by atoms with van der Waals surface area (Å²) in [6.45, 7) is 6.90. The zero-order chi connectivity index (χ0) is 15.9. The number of nitrogen functional groups attached to an aromatic ring is 1. The number of anilines is 2. The number of nitrogens with two attached hydrogens (primary N) is 1. The van der Waals surface area contributed by atoms with E-state index >= 15 is 0 Å². The van der Waals surface area contributed by atoms with Crippen LogP contribution < -0.4 is 21.7 Å². The van der Waals surface area contributed by atoms with E-state index in [2.05, 4.69) is 41.8 Å². The second-order valence-corrected chi connectivity index (χ2v) is 12.8. The molecule has 0 saturated heterocycles. The predicted octanol–water partition coefficient (Wildman–Crippen LogP) is 3.59. The lowest BCUT2D eigenvalue weighted by atomic mass is 10.1. The summed E-state index contributed by atoms with van der Waals surface area (Å²) in [7, 11) is -1.36. The van der Waals surface area contributed by atoms with Crippen molar-refractivity contribution in [2.45, 2.75) is 19.6 Å². The highest BCUT2D eigenvalue weighted by Crippen LogP contribution is 2.34. The normalized spacial score (nSPS) is 14.9. The Balaban J connectivity index is 1.84. The van der Waals surface area contributed by atoms with Gasteiger partial charge in [0, 0.05) is 17.1 Å². The molecule has 22 heavy (non-hydrogen) atoms. The van der Waals surface area contributed by atoms with E-state index in [9.17, 15) is 0 Å². The molecule has 0 saturated carbocycles. The molecule has 1 aliphatic heterocycles. The molecule has 3 rings (SSSR count). The molecule has 1 aromatic heterocycles. The van der Waals surface area contributed by atoms with Gasteiger partial charge in [-0.3, -0.25) is 5.01 Å². The highest BCUT2D eigenvalue weighted by molar-refractivity contribution is 7.19. The number of halogens is 1. The molecule has 0 radical (unpaired) electrons. The standard InChI is InChI=1S/C14H18ClN5SSi/c1-22(2,3)11-8-20(19-18-11)10-6-4-9(5-7-10)12-13(15)21-14(16)17-12/h4-8,18-19H,1-3H3,(H2,16,17). The summed E-state index contributed by atoms with van der Waals surface area (Å²) >= 11 is 7.45. The highest BCUT2D eigenvalue weighted by atomic mass is 35.5. The summed E-state index contributed by atoms with van der Waals surface area (Å²) in [5.74, 6) is 0. The van der Waals surface area contributed by atoms with Gasteiger partial charge in [-0.1, -0.05) is 54.7 Å². The maximum absolute atomic E-state index is 6.15. The molecule has 116 valence electrons. The van der Waals surface area contributed by atoms with E-state index < -0.39 is 8.07 Å². The molecule has 5 nitrogen and oxygen atoms in total. The number of nitrogens with zero attached hydrogens (tertiary/aromatic N) is 2. The lowest BCUT2D eigenvalue weighted by Gasteiger charge is -2.16. The molecule has 0 aliphatic carbocycles. The largest absolute Gasteiger partial charge is 0.375 e. The average Bonchev–Trinajstić information content (AvgIpc) is 3.05. The third-order valence-electron chi connectivity index (χ3n) is 3.40. The molecule has 1 aliphatic rings. The van der Waals surface area contributed by atoms with Gasteiger partial charge in [-0.2, -0.15) is 0 Å². The SMILES string of the molecule is C[Si](C)(C)C1=CN(c2ccc(-c3nc(N)sc3Cl)cc2)NN1. The van der Waals surface area contributed by atoms with Crippen LogP contribution in [-0.4, -0.2) is 13.1 Å². The van der Waals surface area contributed by atoms with Crippen LogP contribution in [0, 0.1) is 0 Å². The first-order chi connectivity index (χ1) is 10.3. The van der Waals surface area contributed by atoms with E-state index in [1.54, 1.807) is 0 Å². The van der Waals surface area contributed by atoms with Crippen molar-refractivity contribution >= 4 is 41.8 Å². The minimum Gasteiger partial charge on any atom is -0.375 e. The Hall–Kier alpha value is -1.54. The fourth-order valence-electron chi connectivity index (χ4n) is 2.11. The Bertz CT molecular complexity index is 720. The smallest absolute Gasteiger partial charge is 0.182 e. The minimum atomic E-state index is -1.36. The molecular weight excluding hydrogens is 334 g/mol. The maximum Gasteiger partial charge on any atom is 0.182 e. The molecule has 2 heterocycles. The molecule has 0 amide bonds. The molecule has 0 unspecified atom stereocenters. The van der Waals surface area contributed by atoms with Crippen molar-refractivity contribution in [3.05, 3.63) is 40.1 Å². The van der Waals surface area contributed by atoms with Crippen LogP contribution in [0.15, 0.2) is 35.8 Å². The van der Waals surface area contributed by atoms with Crippen molar-refractivity contribution < 1.29 is 0 Å². The van der Waals surface area contributed by atoms with Crippen molar-refractivity contribution in [1.29, 1.82) is 0 Å². The molecule has 0 spiro atoms. The summed E-state index contributed by atoms with van der Waals surface area (Å²) in [4.78, 5) is 4.27. The Morgan fingerprint density at radius 2 is 1.91 bits per heavy atom. The molecule has 4 N–H and O–H groups in total.